The van der Waals surface area contributed by atoms with Gasteiger partial charge < -0.3 is 5.73 Å². The normalized spacial score (nSPS) is 14.1. The zero-order valence-electron chi connectivity index (χ0n) is 11.8. The number of benzene rings is 2. The van der Waals surface area contributed by atoms with E-state index in [0.29, 0.717) is 23.4 Å². The van der Waals surface area contributed by atoms with Crippen molar-refractivity contribution in [2.75, 3.05) is 0 Å². The van der Waals surface area contributed by atoms with Gasteiger partial charge in [0.2, 0.25) is 0 Å². The molecule has 1 nitrogen and oxygen atoms in total. The van der Waals surface area contributed by atoms with Gasteiger partial charge in [-0.25, -0.2) is 4.39 Å². The average Bonchev–Trinajstić information content (AvgIpc) is 2.42. The van der Waals surface area contributed by atoms with Crippen molar-refractivity contribution in [3.8, 4) is 0 Å². The summed E-state index contributed by atoms with van der Waals surface area (Å²) in [6, 6.07) is 12.6. The molecule has 0 heterocycles. The molecular formula is C17H19ClFN. The summed E-state index contributed by atoms with van der Waals surface area (Å²) in [6.07, 6.45) is 1.15. The van der Waals surface area contributed by atoms with Crippen molar-refractivity contribution < 1.29 is 4.39 Å². The van der Waals surface area contributed by atoms with E-state index in [2.05, 4.69) is 0 Å². The molecule has 0 aliphatic heterocycles. The Labute approximate surface area is 124 Å². The summed E-state index contributed by atoms with van der Waals surface area (Å²) in [6.45, 7) is 3.95. The topological polar surface area (TPSA) is 26.0 Å². The molecule has 1 unspecified atom stereocenters. The third-order valence-electron chi connectivity index (χ3n) is 3.76. The molecule has 0 saturated heterocycles. The molecule has 2 rings (SSSR count). The Balaban J connectivity index is 2.39. The van der Waals surface area contributed by atoms with Crippen molar-refractivity contribution in [1.29, 1.82) is 0 Å². The third kappa shape index (κ3) is 3.02. The second kappa shape index (κ2) is 5.94. The first-order valence-electron chi connectivity index (χ1n) is 6.75. The maximum Gasteiger partial charge on any atom is 0.128 e. The van der Waals surface area contributed by atoms with E-state index < -0.39 is 5.54 Å². The van der Waals surface area contributed by atoms with Gasteiger partial charge in [0.1, 0.15) is 5.82 Å². The highest BCUT2D eigenvalue weighted by Crippen LogP contribution is 2.31. The SMILES string of the molecule is CCC(N)(Cc1ccc(C)cc1Cl)c1ccccc1F. The minimum atomic E-state index is -0.746. The Morgan fingerprint density at radius 3 is 2.50 bits per heavy atom. The van der Waals surface area contributed by atoms with Gasteiger partial charge in [0.15, 0.2) is 0 Å². The molecule has 20 heavy (non-hydrogen) atoms. The van der Waals surface area contributed by atoms with Gasteiger partial charge in [-0.05, 0) is 43.0 Å². The smallest absolute Gasteiger partial charge is 0.128 e. The highest BCUT2D eigenvalue weighted by atomic mass is 35.5. The lowest BCUT2D eigenvalue weighted by atomic mass is 9.82. The molecule has 0 saturated carbocycles. The van der Waals surface area contributed by atoms with E-state index >= 15 is 0 Å². The fraction of sp³-hybridized carbons (Fsp3) is 0.294. The van der Waals surface area contributed by atoms with Gasteiger partial charge in [-0.2, -0.15) is 0 Å². The summed E-state index contributed by atoms with van der Waals surface area (Å²) in [7, 11) is 0. The van der Waals surface area contributed by atoms with Crippen LogP contribution in [0.3, 0.4) is 0 Å². The van der Waals surface area contributed by atoms with E-state index in [0.717, 1.165) is 11.1 Å². The van der Waals surface area contributed by atoms with Gasteiger partial charge in [0.25, 0.3) is 0 Å². The van der Waals surface area contributed by atoms with Gasteiger partial charge in [-0.1, -0.05) is 48.9 Å². The third-order valence-corrected chi connectivity index (χ3v) is 4.11. The average molecular weight is 292 g/mol. The zero-order valence-corrected chi connectivity index (χ0v) is 12.5. The van der Waals surface area contributed by atoms with E-state index in [1.165, 1.54) is 6.07 Å². The zero-order chi connectivity index (χ0) is 14.8. The largest absolute Gasteiger partial charge is 0.321 e. The molecule has 2 N–H and O–H groups in total. The molecule has 2 aromatic rings. The molecule has 0 aromatic heterocycles. The maximum absolute atomic E-state index is 14.0. The Kier molecular flexibility index (Phi) is 4.46. The lowest BCUT2D eigenvalue weighted by molar-refractivity contribution is 0.403. The van der Waals surface area contributed by atoms with Gasteiger partial charge in [0, 0.05) is 16.1 Å². The molecule has 3 heteroatoms. The molecule has 106 valence electrons. The van der Waals surface area contributed by atoms with Crippen molar-refractivity contribution in [2.45, 2.75) is 32.2 Å². The van der Waals surface area contributed by atoms with E-state index in [-0.39, 0.29) is 5.82 Å². The standard InChI is InChI=1S/C17H19ClFN/c1-3-17(20,14-6-4-5-7-16(14)19)11-13-9-8-12(2)10-15(13)18/h4-10H,3,11,20H2,1-2H3. The molecule has 0 aliphatic rings. The van der Waals surface area contributed by atoms with Crippen LogP contribution in [-0.2, 0) is 12.0 Å². The van der Waals surface area contributed by atoms with Crippen molar-refractivity contribution in [1.82, 2.24) is 0 Å². The Morgan fingerprint density at radius 2 is 1.90 bits per heavy atom. The van der Waals surface area contributed by atoms with Crippen LogP contribution >= 0.6 is 11.6 Å². The fourth-order valence-corrected chi connectivity index (χ4v) is 2.71. The van der Waals surface area contributed by atoms with Crippen LogP contribution in [0.15, 0.2) is 42.5 Å². The predicted molar refractivity (Wildman–Crippen MR) is 82.4 cm³/mol. The highest BCUT2D eigenvalue weighted by molar-refractivity contribution is 6.31. The van der Waals surface area contributed by atoms with Crippen LogP contribution in [0.1, 0.15) is 30.0 Å². The summed E-state index contributed by atoms with van der Waals surface area (Å²) in [5, 5.41) is 0.685. The van der Waals surface area contributed by atoms with Crippen LogP contribution in [0.5, 0.6) is 0 Å². The number of halogens is 2. The number of nitrogens with two attached hydrogens (primary N) is 1. The first-order valence-corrected chi connectivity index (χ1v) is 7.13. The molecule has 0 bridgehead atoms. The minimum Gasteiger partial charge on any atom is -0.321 e. The van der Waals surface area contributed by atoms with E-state index in [4.69, 9.17) is 17.3 Å². The van der Waals surface area contributed by atoms with Gasteiger partial charge in [0.05, 0.1) is 0 Å². The molecule has 0 aliphatic carbocycles. The maximum atomic E-state index is 14.0. The molecule has 2 aromatic carbocycles. The Morgan fingerprint density at radius 1 is 1.20 bits per heavy atom. The summed E-state index contributed by atoms with van der Waals surface area (Å²) < 4.78 is 14.0. The summed E-state index contributed by atoms with van der Waals surface area (Å²) in [5.74, 6) is -0.264. The van der Waals surface area contributed by atoms with Gasteiger partial charge in [-0.15, -0.1) is 0 Å². The van der Waals surface area contributed by atoms with Crippen LogP contribution in [0.25, 0.3) is 0 Å². The lowest BCUT2D eigenvalue weighted by Gasteiger charge is -2.30. The monoisotopic (exact) mass is 291 g/mol. The number of hydrogen-bond donors (Lipinski definition) is 1. The van der Waals surface area contributed by atoms with Crippen LogP contribution < -0.4 is 5.73 Å². The number of rotatable bonds is 4. The number of hydrogen-bond acceptors (Lipinski definition) is 1. The van der Waals surface area contributed by atoms with Crippen molar-refractivity contribution in [3.05, 3.63) is 70.0 Å². The van der Waals surface area contributed by atoms with Gasteiger partial charge in [-0.3, -0.25) is 0 Å². The second-order valence-corrected chi connectivity index (χ2v) is 5.67. The van der Waals surface area contributed by atoms with E-state index in [1.807, 2.05) is 38.1 Å². The minimum absolute atomic E-state index is 0.264. The van der Waals surface area contributed by atoms with Crippen LogP contribution in [-0.4, -0.2) is 0 Å². The molecule has 0 amide bonds. The van der Waals surface area contributed by atoms with Crippen molar-refractivity contribution in [3.63, 3.8) is 0 Å². The quantitative estimate of drug-likeness (QED) is 0.876. The van der Waals surface area contributed by atoms with Crippen molar-refractivity contribution >= 4 is 11.6 Å². The van der Waals surface area contributed by atoms with Crippen LogP contribution in [0, 0.1) is 12.7 Å². The van der Waals surface area contributed by atoms with E-state index in [1.54, 1.807) is 12.1 Å². The predicted octanol–water partition coefficient (Wildman–Crippen LogP) is 4.59. The molecule has 0 fully saturated rings. The molecular weight excluding hydrogens is 273 g/mol. The summed E-state index contributed by atoms with van der Waals surface area (Å²) in [5.41, 5.74) is 8.30. The van der Waals surface area contributed by atoms with Crippen LogP contribution in [0.4, 0.5) is 4.39 Å². The summed E-state index contributed by atoms with van der Waals surface area (Å²) >= 11 is 6.27. The number of aryl methyl sites for hydroxylation is 1. The summed E-state index contributed by atoms with van der Waals surface area (Å²) in [4.78, 5) is 0. The first kappa shape index (κ1) is 15.0. The van der Waals surface area contributed by atoms with Crippen LogP contribution in [0.2, 0.25) is 5.02 Å². The lowest BCUT2D eigenvalue weighted by Crippen LogP contribution is -2.39. The second-order valence-electron chi connectivity index (χ2n) is 5.26. The van der Waals surface area contributed by atoms with Crippen molar-refractivity contribution in [2.24, 2.45) is 5.73 Å². The molecule has 0 radical (unpaired) electrons. The van der Waals surface area contributed by atoms with Gasteiger partial charge >= 0.3 is 0 Å². The Bertz CT molecular complexity index is 612. The fourth-order valence-electron chi connectivity index (χ4n) is 2.41. The highest BCUT2D eigenvalue weighted by Gasteiger charge is 2.29. The first-order chi connectivity index (χ1) is 9.46. The molecule has 1 atom stereocenters. The Hall–Kier alpha value is -1.38. The molecule has 0 spiro atoms. The van der Waals surface area contributed by atoms with E-state index in [9.17, 15) is 4.39 Å².